The van der Waals surface area contributed by atoms with Crippen molar-refractivity contribution < 1.29 is 4.79 Å². The lowest BCUT2D eigenvalue weighted by Crippen LogP contribution is -2.17. The second kappa shape index (κ2) is 7.04. The Kier molecular flexibility index (Phi) is 4.87. The molecule has 0 saturated carbocycles. The van der Waals surface area contributed by atoms with E-state index >= 15 is 0 Å². The molecule has 3 aromatic rings. The molecular formula is C15H13N3OS3. The van der Waals surface area contributed by atoms with Crippen molar-refractivity contribution in [3.63, 3.8) is 0 Å². The number of nitrogens with zero attached hydrogens (tertiary/aromatic N) is 2. The number of amides is 1. The summed E-state index contributed by atoms with van der Waals surface area (Å²) in [5, 5.41) is 12.7. The van der Waals surface area contributed by atoms with Gasteiger partial charge in [0, 0.05) is 15.5 Å². The molecule has 1 N–H and O–H groups in total. The van der Waals surface area contributed by atoms with Gasteiger partial charge in [-0.1, -0.05) is 29.2 Å². The average molecular weight is 347 g/mol. The van der Waals surface area contributed by atoms with E-state index in [1.54, 1.807) is 28.6 Å². The molecule has 3 rings (SSSR count). The Labute approximate surface area is 140 Å². The highest BCUT2D eigenvalue weighted by Gasteiger charge is 2.16. The number of hydrogen-bond acceptors (Lipinski definition) is 6. The first-order chi connectivity index (χ1) is 10.7. The van der Waals surface area contributed by atoms with Crippen LogP contribution in [0.25, 0.3) is 0 Å². The van der Waals surface area contributed by atoms with Crippen LogP contribution in [0.4, 0.5) is 5.69 Å². The summed E-state index contributed by atoms with van der Waals surface area (Å²) in [7, 11) is 0. The van der Waals surface area contributed by atoms with E-state index in [9.17, 15) is 4.79 Å². The largest absolute Gasteiger partial charge is 0.326 e. The van der Waals surface area contributed by atoms with Gasteiger partial charge in [-0.05, 0) is 42.6 Å². The maximum Gasteiger partial charge on any atom is 0.232 e. The van der Waals surface area contributed by atoms with Crippen LogP contribution in [0.3, 0.4) is 0 Å². The number of benzene rings is 1. The summed E-state index contributed by atoms with van der Waals surface area (Å²) in [5.74, 6) is -0.137. The van der Waals surface area contributed by atoms with Crippen LogP contribution in [0.5, 0.6) is 0 Å². The second-order valence-electron chi connectivity index (χ2n) is 4.56. The number of aromatic nitrogens is 2. The number of thiophene rings is 1. The number of nitrogens with one attached hydrogen (secondary N) is 1. The van der Waals surface area contributed by atoms with Gasteiger partial charge >= 0.3 is 0 Å². The summed E-state index contributed by atoms with van der Waals surface area (Å²) in [5.41, 5.74) is 2.51. The Morgan fingerprint density at radius 3 is 2.68 bits per heavy atom. The predicted octanol–water partition coefficient (Wildman–Crippen LogP) is 4.49. The zero-order valence-corrected chi connectivity index (χ0v) is 14.2. The van der Waals surface area contributed by atoms with Crippen LogP contribution in [0.2, 0.25) is 0 Å². The highest BCUT2D eigenvalue weighted by molar-refractivity contribution is 8.01. The van der Waals surface area contributed by atoms with Crippen LogP contribution < -0.4 is 5.32 Å². The van der Waals surface area contributed by atoms with Gasteiger partial charge in [0.05, 0.1) is 5.92 Å². The number of rotatable bonds is 5. The molecule has 0 radical (unpaired) electrons. The van der Waals surface area contributed by atoms with Gasteiger partial charge in [0.25, 0.3) is 0 Å². The lowest BCUT2D eigenvalue weighted by molar-refractivity contribution is -0.117. The first kappa shape index (κ1) is 15.2. The Morgan fingerprint density at radius 1 is 1.23 bits per heavy atom. The lowest BCUT2D eigenvalue weighted by atomic mass is 10.1. The van der Waals surface area contributed by atoms with Crippen molar-refractivity contribution in [2.24, 2.45) is 0 Å². The second-order valence-corrected chi connectivity index (χ2v) is 7.69. The van der Waals surface area contributed by atoms with Gasteiger partial charge in [0.15, 0.2) is 4.34 Å². The Morgan fingerprint density at radius 2 is 2.05 bits per heavy atom. The summed E-state index contributed by atoms with van der Waals surface area (Å²) in [6, 6.07) is 11.7. The number of carbonyl (C=O) groups excluding carboxylic acids is 1. The van der Waals surface area contributed by atoms with Gasteiger partial charge in [0.1, 0.15) is 5.51 Å². The van der Waals surface area contributed by atoms with Crippen molar-refractivity contribution in [2.45, 2.75) is 22.1 Å². The molecule has 112 valence electrons. The first-order valence-corrected chi connectivity index (χ1v) is 9.18. The molecule has 0 bridgehead atoms. The Hall–Kier alpha value is -1.70. The van der Waals surface area contributed by atoms with Crippen LogP contribution in [0.15, 0.2) is 56.5 Å². The van der Waals surface area contributed by atoms with Crippen molar-refractivity contribution in [3.05, 3.63) is 52.2 Å². The number of anilines is 1. The van der Waals surface area contributed by atoms with Crippen LogP contribution in [0, 0.1) is 0 Å². The molecule has 2 heterocycles. The molecular weight excluding hydrogens is 334 g/mol. The highest BCUT2D eigenvalue weighted by atomic mass is 32.2. The van der Waals surface area contributed by atoms with Crippen molar-refractivity contribution in [2.75, 3.05) is 5.32 Å². The highest BCUT2D eigenvalue weighted by Crippen LogP contribution is 2.29. The minimum atomic E-state index is -0.143. The van der Waals surface area contributed by atoms with Crippen molar-refractivity contribution in [1.29, 1.82) is 0 Å². The van der Waals surface area contributed by atoms with Crippen molar-refractivity contribution in [3.8, 4) is 0 Å². The molecule has 0 aliphatic rings. The molecule has 1 aromatic carbocycles. The summed E-state index contributed by atoms with van der Waals surface area (Å²) in [6.07, 6.45) is 0. The maximum atomic E-state index is 12.2. The van der Waals surface area contributed by atoms with E-state index in [4.69, 9.17) is 0 Å². The third kappa shape index (κ3) is 3.73. The van der Waals surface area contributed by atoms with Crippen LogP contribution in [-0.2, 0) is 4.79 Å². The number of carbonyl (C=O) groups is 1. The van der Waals surface area contributed by atoms with Crippen LogP contribution in [-0.4, -0.2) is 16.1 Å². The van der Waals surface area contributed by atoms with E-state index in [0.29, 0.717) is 0 Å². The van der Waals surface area contributed by atoms with E-state index in [1.165, 1.54) is 11.3 Å². The molecule has 2 aromatic heterocycles. The topological polar surface area (TPSA) is 54.9 Å². The fourth-order valence-corrected chi connectivity index (χ4v) is 4.07. The summed E-state index contributed by atoms with van der Waals surface area (Å²) >= 11 is 4.67. The van der Waals surface area contributed by atoms with Gasteiger partial charge in [-0.15, -0.1) is 21.5 Å². The molecule has 0 saturated heterocycles. The van der Waals surface area contributed by atoms with E-state index in [2.05, 4.69) is 15.5 Å². The fraction of sp³-hybridized carbons (Fsp3) is 0.133. The van der Waals surface area contributed by atoms with Gasteiger partial charge in [-0.3, -0.25) is 4.79 Å². The average Bonchev–Trinajstić information content (AvgIpc) is 3.21. The quantitative estimate of drug-likeness (QED) is 0.739. The molecule has 0 aliphatic heterocycles. The zero-order valence-electron chi connectivity index (χ0n) is 11.7. The van der Waals surface area contributed by atoms with Crippen molar-refractivity contribution in [1.82, 2.24) is 10.2 Å². The molecule has 0 spiro atoms. The van der Waals surface area contributed by atoms with Crippen LogP contribution in [0.1, 0.15) is 17.7 Å². The molecule has 1 atom stereocenters. The molecule has 22 heavy (non-hydrogen) atoms. The molecule has 4 nitrogen and oxygen atoms in total. The standard InChI is InChI=1S/C15H13N3OS3/c1-10(13-3-2-8-20-13)14(19)17-11-4-6-12(7-5-11)22-15-18-16-9-21-15/h2-10H,1H3,(H,17,19). The summed E-state index contributed by atoms with van der Waals surface area (Å²) < 4.78 is 0.906. The summed E-state index contributed by atoms with van der Waals surface area (Å²) in [4.78, 5) is 14.4. The normalized spacial score (nSPS) is 12.0. The van der Waals surface area contributed by atoms with Gasteiger partial charge in [-0.25, -0.2) is 0 Å². The number of hydrogen-bond donors (Lipinski definition) is 1. The molecule has 0 aliphatic carbocycles. The lowest BCUT2D eigenvalue weighted by Gasteiger charge is -2.11. The monoisotopic (exact) mass is 347 g/mol. The zero-order chi connectivity index (χ0) is 15.4. The van der Waals surface area contributed by atoms with Gasteiger partial charge in [-0.2, -0.15) is 0 Å². The molecule has 1 amide bonds. The smallest absolute Gasteiger partial charge is 0.232 e. The summed E-state index contributed by atoms with van der Waals surface area (Å²) in [6.45, 7) is 1.92. The van der Waals surface area contributed by atoms with Crippen LogP contribution >= 0.6 is 34.4 Å². The Bertz CT molecular complexity index is 724. The van der Waals surface area contributed by atoms with E-state index in [0.717, 1.165) is 19.8 Å². The van der Waals surface area contributed by atoms with E-state index in [1.807, 2.05) is 48.7 Å². The van der Waals surface area contributed by atoms with E-state index in [-0.39, 0.29) is 11.8 Å². The van der Waals surface area contributed by atoms with Gasteiger partial charge < -0.3 is 5.32 Å². The third-order valence-electron chi connectivity index (χ3n) is 3.03. The third-order valence-corrected chi connectivity index (χ3v) is 5.87. The maximum absolute atomic E-state index is 12.2. The minimum Gasteiger partial charge on any atom is -0.326 e. The molecule has 0 fully saturated rings. The molecule has 1 unspecified atom stereocenters. The minimum absolute atomic E-state index is 0.00646. The molecule has 7 heteroatoms. The van der Waals surface area contributed by atoms with Crippen molar-refractivity contribution >= 4 is 46.0 Å². The Balaban J connectivity index is 1.62. The predicted molar refractivity (Wildman–Crippen MR) is 91.8 cm³/mol. The SMILES string of the molecule is CC(C(=O)Nc1ccc(Sc2nncs2)cc1)c1cccs1. The van der Waals surface area contributed by atoms with E-state index < -0.39 is 0 Å². The fourth-order valence-electron chi connectivity index (χ4n) is 1.83. The van der Waals surface area contributed by atoms with Gasteiger partial charge in [0.2, 0.25) is 5.91 Å². The first-order valence-electron chi connectivity index (χ1n) is 6.61.